The standard InChI is InChI=1S/C8H18N2O3S/c1-6(7(11)10-4)14(12,13)5-8(2,3)9/h6H,5,9H2,1-4H3,(H,10,11). The molecule has 0 aliphatic carbocycles. The zero-order valence-electron chi connectivity index (χ0n) is 8.99. The second-order valence-electron chi connectivity index (χ2n) is 4.05. The first kappa shape index (κ1) is 13.4. The number of rotatable bonds is 4. The van der Waals surface area contributed by atoms with E-state index < -0.39 is 26.5 Å². The third-order valence-corrected chi connectivity index (χ3v) is 4.17. The summed E-state index contributed by atoms with van der Waals surface area (Å²) in [7, 11) is -2.06. The topological polar surface area (TPSA) is 89.3 Å². The Hall–Kier alpha value is -0.620. The Morgan fingerprint density at radius 2 is 1.93 bits per heavy atom. The summed E-state index contributed by atoms with van der Waals surface area (Å²) in [5.41, 5.74) is 4.77. The lowest BCUT2D eigenvalue weighted by molar-refractivity contribution is -0.119. The third-order valence-electron chi connectivity index (χ3n) is 1.73. The molecule has 0 saturated carbocycles. The van der Waals surface area contributed by atoms with E-state index >= 15 is 0 Å². The van der Waals surface area contributed by atoms with Crippen molar-refractivity contribution in [2.45, 2.75) is 31.6 Å². The quantitative estimate of drug-likeness (QED) is 0.656. The van der Waals surface area contributed by atoms with Crippen LogP contribution < -0.4 is 11.1 Å². The molecule has 0 heterocycles. The summed E-state index contributed by atoms with van der Waals surface area (Å²) in [6, 6.07) is 0. The first-order chi connectivity index (χ1) is 6.10. The number of sulfone groups is 1. The summed E-state index contributed by atoms with van der Waals surface area (Å²) in [6.07, 6.45) is 0. The van der Waals surface area contributed by atoms with Gasteiger partial charge in [-0.3, -0.25) is 4.79 Å². The van der Waals surface area contributed by atoms with Crippen LogP contribution in [0.1, 0.15) is 20.8 Å². The highest BCUT2D eigenvalue weighted by molar-refractivity contribution is 7.92. The molecule has 0 bridgehead atoms. The molecule has 1 atom stereocenters. The lowest BCUT2D eigenvalue weighted by Gasteiger charge is -2.20. The fourth-order valence-electron chi connectivity index (χ4n) is 1.01. The molecule has 84 valence electrons. The van der Waals surface area contributed by atoms with E-state index in [1.807, 2.05) is 0 Å². The molecule has 0 aromatic heterocycles. The number of hydrogen-bond acceptors (Lipinski definition) is 4. The van der Waals surface area contributed by atoms with Gasteiger partial charge in [-0.25, -0.2) is 8.42 Å². The number of carbonyl (C=O) groups is 1. The van der Waals surface area contributed by atoms with Gasteiger partial charge in [0.15, 0.2) is 9.84 Å². The molecule has 0 aliphatic heterocycles. The van der Waals surface area contributed by atoms with Gasteiger partial charge in [-0.2, -0.15) is 0 Å². The van der Waals surface area contributed by atoms with Crippen molar-refractivity contribution in [2.75, 3.05) is 12.8 Å². The summed E-state index contributed by atoms with van der Waals surface area (Å²) in [6.45, 7) is 4.59. The Kier molecular flexibility index (Phi) is 4.08. The summed E-state index contributed by atoms with van der Waals surface area (Å²) < 4.78 is 23.2. The van der Waals surface area contributed by atoms with Gasteiger partial charge < -0.3 is 11.1 Å². The van der Waals surface area contributed by atoms with E-state index in [0.29, 0.717) is 0 Å². The molecule has 0 saturated heterocycles. The van der Waals surface area contributed by atoms with Crippen LogP contribution in [-0.4, -0.2) is 37.9 Å². The summed E-state index contributed by atoms with van der Waals surface area (Å²) in [5.74, 6) is -0.705. The molecule has 6 heteroatoms. The monoisotopic (exact) mass is 222 g/mol. The van der Waals surface area contributed by atoms with E-state index in [9.17, 15) is 13.2 Å². The van der Waals surface area contributed by atoms with Crippen LogP contribution >= 0.6 is 0 Å². The van der Waals surface area contributed by atoms with Crippen molar-refractivity contribution in [1.82, 2.24) is 5.32 Å². The molecular weight excluding hydrogens is 204 g/mol. The number of nitrogens with one attached hydrogen (secondary N) is 1. The van der Waals surface area contributed by atoms with Crippen molar-refractivity contribution >= 4 is 15.7 Å². The highest BCUT2D eigenvalue weighted by atomic mass is 32.2. The largest absolute Gasteiger partial charge is 0.358 e. The zero-order chi connectivity index (χ0) is 11.6. The Morgan fingerprint density at radius 1 is 1.50 bits per heavy atom. The first-order valence-electron chi connectivity index (χ1n) is 4.32. The zero-order valence-corrected chi connectivity index (χ0v) is 9.81. The highest BCUT2D eigenvalue weighted by Gasteiger charge is 2.31. The minimum absolute atomic E-state index is 0.200. The Bertz CT molecular complexity index is 303. The van der Waals surface area contributed by atoms with Gasteiger partial charge in [0, 0.05) is 12.6 Å². The second kappa shape index (κ2) is 4.27. The molecule has 0 aromatic carbocycles. The van der Waals surface area contributed by atoms with E-state index in [1.165, 1.54) is 14.0 Å². The molecule has 0 rings (SSSR count). The summed E-state index contributed by atoms with van der Waals surface area (Å²) >= 11 is 0. The fourth-order valence-corrected chi connectivity index (χ4v) is 2.74. The Labute approximate surface area is 85.0 Å². The number of hydrogen-bond donors (Lipinski definition) is 2. The fraction of sp³-hybridized carbons (Fsp3) is 0.875. The predicted octanol–water partition coefficient (Wildman–Crippen LogP) is -0.727. The van der Waals surface area contributed by atoms with Gasteiger partial charge in [0.05, 0.1) is 5.75 Å². The average molecular weight is 222 g/mol. The van der Waals surface area contributed by atoms with Gasteiger partial charge in [0.25, 0.3) is 0 Å². The maximum Gasteiger partial charge on any atom is 0.237 e. The van der Waals surface area contributed by atoms with Crippen LogP contribution in [0.2, 0.25) is 0 Å². The molecule has 0 radical (unpaired) electrons. The lowest BCUT2D eigenvalue weighted by atomic mass is 10.1. The molecule has 0 spiro atoms. The summed E-state index contributed by atoms with van der Waals surface area (Å²) in [5, 5.41) is 1.25. The molecule has 0 aromatic rings. The van der Waals surface area contributed by atoms with Crippen LogP contribution in [0.25, 0.3) is 0 Å². The number of amides is 1. The van der Waals surface area contributed by atoms with Crippen LogP contribution in [0, 0.1) is 0 Å². The molecule has 0 aliphatic rings. The van der Waals surface area contributed by atoms with Gasteiger partial charge in [-0.15, -0.1) is 0 Å². The first-order valence-corrected chi connectivity index (χ1v) is 6.04. The van der Waals surface area contributed by atoms with Gasteiger partial charge in [-0.1, -0.05) is 0 Å². The minimum atomic E-state index is -3.47. The van der Waals surface area contributed by atoms with Gasteiger partial charge in [0.2, 0.25) is 5.91 Å². The van der Waals surface area contributed by atoms with Crippen molar-refractivity contribution in [3.8, 4) is 0 Å². The van der Waals surface area contributed by atoms with Crippen molar-refractivity contribution in [3.05, 3.63) is 0 Å². The lowest BCUT2D eigenvalue weighted by Crippen LogP contribution is -2.46. The SMILES string of the molecule is CNC(=O)C(C)S(=O)(=O)CC(C)(C)N. The predicted molar refractivity (Wildman–Crippen MR) is 55.6 cm³/mol. The van der Waals surface area contributed by atoms with E-state index in [0.717, 1.165) is 0 Å². The number of carbonyl (C=O) groups excluding carboxylic acids is 1. The van der Waals surface area contributed by atoms with E-state index in [2.05, 4.69) is 5.32 Å². The normalized spacial score (nSPS) is 14.9. The van der Waals surface area contributed by atoms with Crippen LogP contribution in [0.15, 0.2) is 0 Å². The smallest absolute Gasteiger partial charge is 0.237 e. The van der Waals surface area contributed by atoms with Gasteiger partial charge in [-0.05, 0) is 20.8 Å². The van der Waals surface area contributed by atoms with Crippen molar-refractivity contribution in [3.63, 3.8) is 0 Å². The van der Waals surface area contributed by atoms with Gasteiger partial charge in [0.1, 0.15) is 5.25 Å². The van der Waals surface area contributed by atoms with Crippen LogP contribution in [-0.2, 0) is 14.6 Å². The Balaban J connectivity index is 4.73. The second-order valence-corrected chi connectivity index (χ2v) is 6.37. The molecule has 1 amide bonds. The van der Waals surface area contributed by atoms with E-state index in [1.54, 1.807) is 13.8 Å². The van der Waals surface area contributed by atoms with Crippen LogP contribution in [0.3, 0.4) is 0 Å². The van der Waals surface area contributed by atoms with Gasteiger partial charge >= 0.3 is 0 Å². The van der Waals surface area contributed by atoms with Crippen molar-refractivity contribution in [2.24, 2.45) is 5.73 Å². The number of nitrogens with two attached hydrogens (primary N) is 1. The minimum Gasteiger partial charge on any atom is -0.358 e. The highest BCUT2D eigenvalue weighted by Crippen LogP contribution is 2.09. The van der Waals surface area contributed by atoms with Crippen molar-refractivity contribution < 1.29 is 13.2 Å². The summed E-state index contributed by atoms with van der Waals surface area (Å²) in [4.78, 5) is 11.1. The molecule has 14 heavy (non-hydrogen) atoms. The van der Waals surface area contributed by atoms with E-state index in [4.69, 9.17) is 5.73 Å². The van der Waals surface area contributed by atoms with Crippen LogP contribution in [0.4, 0.5) is 0 Å². The molecule has 5 nitrogen and oxygen atoms in total. The molecule has 0 fully saturated rings. The van der Waals surface area contributed by atoms with E-state index in [-0.39, 0.29) is 5.75 Å². The Morgan fingerprint density at radius 3 is 2.21 bits per heavy atom. The molecule has 3 N–H and O–H groups in total. The van der Waals surface area contributed by atoms with Crippen molar-refractivity contribution in [1.29, 1.82) is 0 Å². The van der Waals surface area contributed by atoms with Crippen LogP contribution in [0.5, 0.6) is 0 Å². The average Bonchev–Trinajstić information content (AvgIpc) is 1.97. The molecule has 1 unspecified atom stereocenters. The molecular formula is C8H18N2O3S. The third kappa shape index (κ3) is 4.06. The maximum absolute atomic E-state index is 11.6. The maximum atomic E-state index is 11.6.